The smallest absolute Gasteiger partial charge is 0.353 e. The van der Waals surface area contributed by atoms with Crippen molar-refractivity contribution in [2.75, 3.05) is 5.75 Å². The summed E-state index contributed by atoms with van der Waals surface area (Å²) in [6, 6.07) is 2.92. The highest BCUT2D eigenvalue weighted by Gasteiger charge is 2.54. The molecule has 0 aromatic carbocycles. The third-order valence-electron chi connectivity index (χ3n) is 3.87. The third-order valence-corrected chi connectivity index (χ3v) is 6.05. The number of amides is 3. The summed E-state index contributed by atoms with van der Waals surface area (Å²) in [5, 5.41) is 17.3. The van der Waals surface area contributed by atoms with E-state index in [-0.39, 0.29) is 23.8 Å². The maximum atomic E-state index is 12.5. The predicted octanol–water partition coefficient (Wildman–Crippen LogP) is 0.151. The van der Waals surface area contributed by atoms with Crippen LogP contribution in [0.25, 0.3) is 0 Å². The number of nitrogens with one attached hydrogen (secondary N) is 2. The number of thioether (sulfide) groups is 1. The van der Waals surface area contributed by atoms with Crippen LogP contribution in [0.15, 0.2) is 33.9 Å². The number of β-lactam (4-membered cyclic amide) rings is 1. The van der Waals surface area contributed by atoms with E-state index in [0.717, 1.165) is 9.78 Å². The highest BCUT2D eigenvalue weighted by molar-refractivity contribution is 8.00. The number of carbonyl (C=O) groups is 4. The van der Waals surface area contributed by atoms with Crippen LogP contribution in [-0.4, -0.2) is 57.1 Å². The summed E-state index contributed by atoms with van der Waals surface area (Å²) in [5.74, 6) is -2.12. The molecule has 2 atom stereocenters. The fourth-order valence-electron chi connectivity index (χ4n) is 2.74. The SMILES string of the molecule is CC(=O)NN=CC1=C(C(=O)O)N2C(=O)C(NC(=O)Cc3cccs3)[C@@H]2SC1. The molecule has 3 N–H and O–H groups in total. The summed E-state index contributed by atoms with van der Waals surface area (Å²) in [6.45, 7) is 1.28. The first kappa shape index (κ1) is 19.1. The Bertz CT molecular complexity index is 849. The predicted molar refractivity (Wildman–Crippen MR) is 100 cm³/mol. The van der Waals surface area contributed by atoms with E-state index in [1.807, 2.05) is 17.5 Å². The van der Waals surface area contributed by atoms with Gasteiger partial charge < -0.3 is 10.4 Å². The lowest BCUT2D eigenvalue weighted by atomic mass is 10.0. The number of rotatable bonds is 6. The molecule has 0 saturated carbocycles. The van der Waals surface area contributed by atoms with Crippen molar-refractivity contribution in [2.45, 2.75) is 24.8 Å². The molecule has 2 aliphatic rings. The average molecular weight is 408 g/mol. The summed E-state index contributed by atoms with van der Waals surface area (Å²) in [4.78, 5) is 49.2. The molecule has 3 rings (SSSR count). The molecule has 11 heteroatoms. The maximum absolute atomic E-state index is 12.5. The van der Waals surface area contributed by atoms with E-state index in [1.54, 1.807) is 0 Å². The number of thiophene rings is 1. The zero-order chi connectivity index (χ0) is 19.6. The lowest BCUT2D eigenvalue weighted by Crippen LogP contribution is -2.70. The van der Waals surface area contributed by atoms with Crippen LogP contribution in [-0.2, 0) is 25.6 Å². The van der Waals surface area contributed by atoms with Gasteiger partial charge in [0.2, 0.25) is 11.8 Å². The van der Waals surface area contributed by atoms with Gasteiger partial charge in [0, 0.05) is 23.1 Å². The van der Waals surface area contributed by atoms with Crippen molar-refractivity contribution >= 4 is 53.0 Å². The Morgan fingerprint density at radius 2 is 2.22 bits per heavy atom. The lowest BCUT2D eigenvalue weighted by Gasteiger charge is -2.49. The van der Waals surface area contributed by atoms with Gasteiger partial charge in [0.1, 0.15) is 17.1 Å². The highest BCUT2D eigenvalue weighted by atomic mass is 32.2. The molecular formula is C16H16N4O5S2. The third kappa shape index (κ3) is 4.03. The molecule has 1 fully saturated rings. The second-order valence-corrected chi connectivity index (χ2v) is 7.95. The Labute approximate surface area is 162 Å². The second kappa shape index (κ2) is 7.92. The van der Waals surface area contributed by atoms with Gasteiger partial charge in [0.25, 0.3) is 5.91 Å². The van der Waals surface area contributed by atoms with Crippen LogP contribution >= 0.6 is 23.1 Å². The van der Waals surface area contributed by atoms with Crippen molar-refractivity contribution in [2.24, 2.45) is 5.10 Å². The van der Waals surface area contributed by atoms with Crippen molar-refractivity contribution < 1.29 is 24.3 Å². The van der Waals surface area contributed by atoms with E-state index in [0.29, 0.717) is 5.57 Å². The molecule has 0 spiro atoms. The van der Waals surface area contributed by atoms with Crippen molar-refractivity contribution in [1.29, 1.82) is 0 Å². The first-order chi connectivity index (χ1) is 12.9. The van der Waals surface area contributed by atoms with Crippen molar-refractivity contribution in [3.63, 3.8) is 0 Å². The first-order valence-electron chi connectivity index (χ1n) is 7.91. The van der Waals surface area contributed by atoms with Gasteiger partial charge in [-0.1, -0.05) is 6.07 Å². The Kier molecular flexibility index (Phi) is 5.61. The van der Waals surface area contributed by atoms with E-state index in [9.17, 15) is 24.3 Å². The average Bonchev–Trinajstić information content (AvgIpc) is 3.11. The van der Waals surface area contributed by atoms with Gasteiger partial charge in [-0.2, -0.15) is 5.10 Å². The molecule has 27 heavy (non-hydrogen) atoms. The van der Waals surface area contributed by atoms with E-state index < -0.39 is 29.2 Å². The molecule has 1 aromatic heterocycles. The Balaban J connectivity index is 1.71. The normalized spacial score (nSPS) is 21.7. The minimum absolute atomic E-state index is 0.176. The lowest BCUT2D eigenvalue weighted by molar-refractivity contribution is -0.150. The number of nitrogens with zero attached hydrogens (tertiary/aromatic N) is 2. The fraction of sp³-hybridized carbons (Fsp3) is 0.312. The van der Waals surface area contributed by atoms with E-state index in [4.69, 9.17) is 0 Å². The maximum Gasteiger partial charge on any atom is 0.353 e. The number of fused-ring (bicyclic) bond motifs is 1. The number of carboxylic acid groups (broad SMARTS) is 1. The number of carbonyl (C=O) groups excluding carboxylic acids is 3. The van der Waals surface area contributed by atoms with Gasteiger partial charge in [-0.25, -0.2) is 10.2 Å². The molecule has 142 valence electrons. The molecule has 3 amide bonds. The largest absolute Gasteiger partial charge is 0.477 e. The summed E-state index contributed by atoms with van der Waals surface area (Å²) in [7, 11) is 0. The summed E-state index contributed by atoms with van der Waals surface area (Å²) >= 11 is 2.78. The van der Waals surface area contributed by atoms with Gasteiger partial charge in [0.15, 0.2) is 0 Å². The highest BCUT2D eigenvalue weighted by Crippen LogP contribution is 2.39. The fourth-order valence-corrected chi connectivity index (χ4v) is 4.74. The van der Waals surface area contributed by atoms with Gasteiger partial charge in [-0.3, -0.25) is 19.3 Å². The van der Waals surface area contributed by atoms with Crippen LogP contribution in [0.1, 0.15) is 11.8 Å². The number of aliphatic carboxylic acids is 1. The standard InChI is InChI=1S/C16H16N4O5S2/c1-8(21)19-17-6-9-7-27-15-12(14(23)20(15)13(9)16(24)25)18-11(22)5-10-3-2-4-26-10/h2-4,6,12,15H,5,7H2,1H3,(H,18,22)(H,19,21)(H,24,25)/t12?,15-/m0/s1. The molecule has 1 aromatic rings. The van der Waals surface area contributed by atoms with E-state index in [1.165, 1.54) is 36.2 Å². The van der Waals surface area contributed by atoms with Gasteiger partial charge in [-0.05, 0) is 11.4 Å². The number of hydrogen-bond donors (Lipinski definition) is 3. The molecule has 3 heterocycles. The molecular weight excluding hydrogens is 392 g/mol. The quantitative estimate of drug-likeness (QED) is 0.349. The molecule has 0 radical (unpaired) electrons. The zero-order valence-electron chi connectivity index (χ0n) is 14.2. The molecule has 2 aliphatic heterocycles. The van der Waals surface area contributed by atoms with Gasteiger partial charge in [-0.15, -0.1) is 23.1 Å². The number of carboxylic acids is 1. The molecule has 0 bridgehead atoms. The van der Waals surface area contributed by atoms with Crippen LogP contribution in [0.4, 0.5) is 0 Å². The summed E-state index contributed by atoms with van der Waals surface area (Å²) < 4.78 is 0. The Morgan fingerprint density at radius 3 is 2.85 bits per heavy atom. The minimum atomic E-state index is -1.26. The van der Waals surface area contributed by atoms with Crippen LogP contribution in [0.5, 0.6) is 0 Å². The van der Waals surface area contributed by atoms with Crippen LogP contribution in [0.3, 0.4) is 0 Å². The first-order valence-corrected chi connectivity index (χ1v) is 9.84. The molecule has 1 saturated heterocycles. The van der Waals surface area contributed by atoms with E-state index in [2.05, 4.69) is 15.8 Å². The van der Waals surface area contributed by atoms with Crippen molar-refractivity contribution in [3.8, 4) is 0 Å². The van der Waals surface area contributed by atoms with Gasteiger partial charge in [0.05, 0.1) is 12.6 Å². The monoisotopic (exact) mass is 408 g/mol. The topological polar surface area (TPSA) is 128 Å². The summed E-state index contributed by atoms with van der Waals surface area (Å²) in [6.07, 6.45) is 1.40. The number of hydrogen-bond acceptors (Lipinski definition) is 7. The second-order valence-electron chi connectivity index (χ2n) is 5.82. The zero-order valence-corrected chi connectivity index (χ0v) is 15.8. The Morgan fingerprint density at radius 1 is 1.44 bits per heavy atom. The number of hydrazone groups is 1. The van der Waals surface area contributed by atoms with Crippen LogP contribution < -0.4 is 10.7 Å². The molecule has 0 aliphatic carbocycles. The van der Waals surface area contributed by atoms with E-state index >= 15 is 0 Å². The summed E-state index contributed by atoms with van der Waals surface area (Å²) in [5.41, 5.74) is 2.33. The van der Waals surface area contributed by atoms with Crippen LogP contribution in [0.2, 0.25) is 0 Å². The minimum Gasteiger partial charge on any atom is -0.477 e. The molecule has 1 unspecified atom stereocenters. The van der Waals surface area contributed by atoms with Crippen molar-refractivity contribution in [1.82, 2.24) is 15.6 Å². The van der Waals surface area contributed by atoms with Gasteiger partial charge >= 0.3 is 5.97 Å². The van der Waals surface area contributed by atoms with Crippen LogP contribution in [0, 0.1) is 0 Å². The molecule has 9 nitrogen and oxygen atoms in total. The van der Waals surface area contributed by atoms with Crippen molar-refractivity contribution in [3.05, 3.63) is 33.7 Å². The Hall–Kier alpha value is -2.66.